The largest absolute Gasteiger partial charge is 0.493 e. The summed E-state index contributed by atoms with van der Waals surface area (Å²) in [5.41, 5.74) is 4.11. The fraction of sp³-hybridized carbons (Fsp3) is 0.273. The number of thioether (sulfide) groups is 1. The summed E-state index contributed by atoms with van der Waals surface area (Å²) in [6.07, 6.45) is 1.87. The van der Waals surface area contributed by atoms with Crippen molar-refractivity contribution in [1.29, 1.82) is 0 Å². The number of amides is 1. The van der Waals surface area contributed by atoms with Gasteiger partial charge in [-0.3, -0.25) is 4.79 Å². The van der Waals surface area contributed by atoms with Crippen LogP contribution >= 0.6 is 11.8 Å². The van der Waals surface area contributed by atoms with Gasteiger partial charge in [-0.05, 0) is 66.9 Å². The molecule has 1 aliphatic heterocycles. The van der Waals surface area contributed by atoms with Crippen LogP contribution in [0.2, 0.25) is 0 Å². The summed E-state index contributed by atoms with van der Waals surface area (Å²) in [5.74, 6) is 1.20. The second-order valence-electron chi connectivity index (χ2n) is 7.05. The Labute approximate surface area is 164 Å². The molecule has 1 aliphatic rings. The van der Waals surface area contributed by atoms with E-state index in [1.54, 1.807) is 0 Å². The summed E-state index contributed by atoms with van der Waals surface area (Å²) in [7, 11) is 0. The molecule has 2 aromatic carbocycles. The number of ether oxygens (including phenoxy) is 1. The summed E-state index contributed by atoms with van der Waals surface area (Å²) >= 11 is 1.36. The first-order chi connectivity index (χ1) is 12.9. The topological polar surface area (TPSA) is 50.7 Å². The zero-order valence-corrected chi connectivity index (χ0v) is 16.9. The number of aryl methyl sites for hydroxylation is 2. The summed E-state index contributed by atoms with van der Waals surface area (Å²) in [4.78, 5) is 17.5. The third-order valence-electron chi connectivity index (χ3n) is 3.99. The van der Waals surface area contributed by atoms with Crippen LogP contribution in [-0.2, 0) is 4.79 Å². The smallest absolute Gasteiger partial charge is 0.264 e. The molecule has 0 spiro atoms. The van der Waals surface area contributed by atoms with Crippen LogP contribution in [0.1, 0.15) is 30.5 Å². The molecule has 27 heavy (non-hydrogen) atoms. The van der Waals surface area contributed by atoms with E-state index in [4.69, 9.17) is 4.74 Å². The zero-order chi connectivity index (χ0) is 19.4. The lowest BCUT2D eigenvalue weighted by molar-refractivity contribution is -0.115. The van der Waals surface area contributed by atoms with Crippen LogP contribution in [-0.4, -0.2) is 17.7 Å². The molecule has 0 bridgehead atoms. The second-order valence-corrected chi connectivity index (χ2v) is 8.08. The fourth-order valence-electron chi connectivity index (χ4n) is 2.60. The molecule has 1 N–H and O–H groups in total. The third kappa shape index (κ3) is 5.23. The van der Waals surface area contributed by atoms with E-state index in [2.05, 4.69) is 37.1 Å². The van der Waals surface area contributed by atoms with Crippen molar-refractivity contribution in [2.24, 2.45) is 10.9 Å². The van der Waals surface area contributed by atoms with Gasteiger partial charge in [-0.1, -0.05) is 43.7 Å². The molecule has 3 rings (SSSR count). The highest BCUT2D eigenvalue weighted by molar-refractivity contribution is 8.18. The molecule has 5 heteroatoms. The van der Waals surface area contributed by atoms with Gasteiger partial charge in [0.15, 0.2) is 5.17 Å². The van der Waals surface area contributed by atoms with Gasteiger partial charge in [0.05, 0.1) is 17.2 Å². The van der Waals surface area contributed by atoms with E-state index in [1.165, 1.54) is 17.3 Å². The minimum atomic E-state index is -0.122. The van der Waals surface area contributed by atoms with Gasteiger partial charge in [-0.15, -0.1) is 0 Å². The first kappa shape index (κ1) is 19.2. The van der Waals surface area contributed by atoms with Crippen molar-refractivity contribution in [2.75, 3.05) is 6.61 Å². The van der Waals surface area contributed by atoms with Gasteiger partial charge in [0, 0.05) is 0 Å². The molecule has 0 saturated carbocycles. The number of carbonyl (C=O) groups excluding carboxylic acids is 1. The Bertz CT molecular complexity index is 899. The Balaban J connectivity index is 1.72. The predicted molar refractivity (Wildman–Crippen MR) is 113 cm³/mol. The summed E-state index contributed by atoms with van der Waals surface area (Å²) < 4.78 is 5.69. The Kier molecular flexibility index (Phi) is 6.01. The van der Waals surface area contributed by atoms with E-state index < -0.39 is 0 Å². The molecule has 0 aromatic heterocycles. The number of carbonyl (C=O) groups is 1. The van der Waals surface area contributed by atoms with E-state index >= 15 is 0 Å². The minimum absolute atomic E-state index is 0.122. The molecule has 4 nitrogen and oxygen atoms in total. The van der Waals surface area contributed by atoms with Crippen LogP contribution in [0, 0.1) is 19.8 Å². The summed E-state index contributed by atoms with van der Waals surface area (Å²) in [6.45, 7) is 9.00. The van der Waals surface area contributed by atoms with Gasteiger partial charge in [0.2, 0.25) is 0 Å². The number of amidine groups is 1. The van der Waals surface area contributed by atoms with E-state index in [-0.39, 0.29) is 5.91 Å². The SMILES string of the molecule is Cc1ccc(N=C2NC(=O)/C(=C/c3ccc(OCC(C)C)cc3)S2)c(C)c1. The summed E-state index contributed by atoms with van der Waals surface area (Å²) in [6, 6.07) is 13.8. The molecule has 0 radical (unpaired) electrons. The molecule has 1 amide bonds. The van der Waals surface area contributed by atoms with Crippen molar-refractivity contribution < 1.29 is 9.53 Å². The Hall–Kier alpha value is -2.53. The highest BCUT2D eigenvalue weighted by atomic mass is 32.2. The number of aliphatic imine (C=N–C) groups is 1. The molecule has 140 valence electrons. The zero-order valence-electron chi connectivity index (χ0n) is 16.1. The molecular formula is C22H24N2O2S. The van der Waals surface area contributed by atoms with Crippen molar-refractivity contribution in [2.45, 2.75) is 27.7 Å². The van der Waals surface area contributed by atoms with Gasteiger partial charge < -0.3 is 10.1 Å². The number of rotatable bonds is 5. The monoisotopic (exact) mass is 380 g/mol. The van der Waals surface area contributed by atoms with Gasteiger partial charge >= 0.3 is 0 Å². The van der Waals surface area contributed by atoms with Crippen LogP contribution in [0.4, 0.5) is 5.69 Å². The average Bonchev–Trinajstić information content (AvgIpc) is 2.96. The quantitative estimate of drug-likeness (QED) is 0.723. The van der Waals surface area contributed by atoms with Gasteiger partial charge in [-0.25, -0.2) is 4.99 Å². The average molecular weight is 381 g/mol. The Morgan fingerprint density at radius 1 is 1.15 bits per heavy atom. The van der Waals surface area contributed by atoms with Crippen molar-refractivity contribution in [1.82, 2.24) is 5.32 Å². The van der Waals surface area contributed by atoms with Crippen LogP contribution < -0.4 is 10.1 Å². The fourth-order valence-corrected chi connectivity index (χ4v) is 3.43. The van der Waals surface area contributed by atoms with E-state index in [1.807, 2.05) is 49.4 Å². The van der Waals surface area contributed by atoms with Crippen molar-refractivity contribution in [3.63, 3.8) is 0 Å². The van der Waals surface area contributed by atoms with Crippen molar-refractivity contribution in [3.8, 4) is 5.75 Å². The van der Waals surface area contributed by atoms with E-state index in [0.717, 1.165) is 22.6 Å². The molecule has 0 atom stereocenters. The third-order valence-corrected chi connectivity index (χ3v) is 4.90. The van der Waals surface area contributed by atoms with Crippen LogP contribution in [0.15, 0.2) is 52.4 Å². The normalized spacial score (nSPS) is 17.0. The number of benzene rings is 2. The van der Waals surface area contributed by atoms with Gasteiger partial charge in [0.1, 0.15) is 5.75 Å². The number of nitrogens with one attached hydrogen (secondary N) is 1. The molecule has 2 aromatic rings. The first-order valence-electron chi connectivity index (χ1n) is 9.00. The van der Waals surface area contributed by atoms with Crippen LogP contribution in [0.5, 0.6) is 5.75 Å². The van der Waals surface area contributed by atoms with E-state index in [9.17, 15) is 4.79 Å². The maximum Gasteiger partial charge on any atom is 0.264 e. The number of hydrogen-bond acceptors (Lipinski definition) is 4. The lowest BCUT2D eigenvalue weighted by Crippen LogP contribution is -2.19. The maximum absolute atomic E-state index is 12.3. The van der Waals surface area contributed by atoms with Crippen LogP contribution in [0.3, 0.4) is 0 Å². The Morgan fingerprint density at radius 2 is 1.89 bits per heavy atom. The lowest BCUT2D eigenvalue weighted by Gasteiger charge is -2.08. The van der Waals surface area contributed by atoms with Gasteiger partial charge in [0.25, 0.3) is 5.91 Å². The second kappa shape index (κ2) is 8.44. The Morgan fingerprint density at radius 3 is 2.56 bits per heavy atom. The van der Waals surface area contributed by atoms with Crippen molar-refractivity contribution in [3.05, 3.63) is 64.1 Å². The highest BCUT2D eigenvalue weighted by Crippen LogP contribution is 2.29. The molecular weight excluding hydrogens is 356 g/mol. The molecule has 1 heterocycles. The minimum Gasteiger partial charge on any atom is -0.493 e. The maximum atomic E-state index is 12.3. The van der Waals surface area contributed by atoms with Crippen LogP contribution in [0.25, 0.3) is 6.08 Å². The molecule has 1 saturated heterocycles. The molecule has 1 fully saturated rings. The summed E-state index contributed by atoms with van der Waals surface area (Å²) in [5, 5.41) is 3.45. The highest BCUT2D eigenvalue weighted by Gasteiger charge is 2.23. The predicted octanol–water partition coefficient (Wildman–Crippen LogP) is 5.23. The molecule has 0 aliphatic carbocycles. The number of hydrogen-bond donors (Lipinski definition) is 1. The van der Waals surface area contributed by atoms with Gasteiger partial charge in [-0.2, -0.15) is 0 Å². The van der Waals surface area contributed by atoms with Crippen molar-refractivity contribution >= 4 is 34.6 Å². The lowest BCUT2D eigenvalue weighted by atomic mass is 10.1. The first-order valence-corrected chi connectivity index (χ1v) is 9.82. The van der Waals surface area contributed by atoms with E-state index in [0.29, 0.717) is 22.6 Å². The standard InChI is InChI=1S/C22H24N2O2S/c1-14(2)13-26-18-8-6-17(7-9-18)12-20-21(25)24-22(27-20)23-19-10-5-15(3)11-16(19)4/h5-12,14H,13H2,1-4H3,(H,23,24,25)/b20-12-. The number of nitrogens with zero attached hydrogens (tertiary/aromatic N) is 1. The molecule has 0 unspecified atom stereocenters.